The fourth-order valence-corrected chi connectivity index (χ4v) is 2.09. The summed E-state index contributed by atoms with van der Waals surface area (Å²) in [6.07, 6.45) is 1.80. The lowest BCUT2D eigenvalue weighted by molar-refractivity contribution is 0.260. The molecular weight excluding hydrogens is 273 g/mol. The van der Waals surface area contributed by atoms with E-state index in [1.807, 2.05) is 18.0 Å². The van der Waals surface area contributed by atoms with Gasteiger partial charge in [-0.25, -0.2) is 4.39 Å². The number of benzene rings is 1. The van der Waals surface area contributed by atoms with E-state index in [-0.39, 0.29) is 11.6 Å². The van der Waals surface area contributed by atoms with E-state index < -0.39 is 0 Å². The maximum atomic E-state index is 13.6. The third-order valence-electron chi connectivity index (χ3n) is 3.06. The van der Waals surface area contributed by atoms with E-state index in [4.69, 9.17) is 9.26 Å². The molecule has 0 bridgehead atoms. The SMILES string of the molecule is CCCc1noc(CN(C)Cc2ccc(OC)c(F)c2)n1. The molecule has 1 aromatic carbocycles. The van der Waals surface area contributed by atoms with Gasteiger partial charge in [0.05, 0.1) is 13.7 Å². The molecule has 0 aliphatic heterocycles. The first-order chi connectivity index (χ1) is 10.1. The van der Waals surface area contributed by atoms with Crippen LogP contribution in [0.5, 0.6) is 5.75 Å². The predicted molar refractivity (Wildman–Crippen MR) is 76.4 cm³/mol. The number of hydrogen-bond donors (Lipinski definition) is 0. The highest BCUT2D eigenvalue weighted by Gasteiger charge is 2.10. The average Bonchev–Trinajstić information content (AvgIpc) is 2.86. The van der Waals surface area contributed by atoms with Crippen LogP contribution in [-0.2, 0) is 19.5 Å². The summed E-state index contributed by atoms with van der Waals surface area (Å²) in [5, 5.41) is 3.91. The molecule has 0 N–H and O–H groups in total. The van der Waals surface area contributed by atoms with E-state index >= 15 is 0 Å². The number of halogens is 1. The van der Waals surface area contributed by atoms with Gasteiger partial charge in [-0.2, -0.15) is 4.98 Å². The van der Waals surface area contributed by atoms with Crippen LogP contribution in [0.15, 0.2) is 22.7 Å². The van der Waals surface area contributed by atoms with Crippen molar-refractivity contribution in [2.75, 3.05) is 14.2 Å². The Morgan fingerprint density at radius 1 is 1.33 bits per heavy atom. The molecule has 0 aliphatic carbocycles. The molecule has 0 atom stereocenters. The van der Waals surface area contributed by atoms with Crippen molar-refractivity contribution in [3.05, 3.63) is 41.3 Å². The van der Waals surface area contributed by atoms with E-state index in [2.05, 4.69) is 17.1 Å². The third-order valence-corrected chi connectivity index (χ3v) is 3.06. The van der Waals surface area contributed by atoms with Gasteiger partial charge in [0, 0.05) is 13.0 Å². The van der Waals surface area contributed by atoms with E-state index in [1.165, 1.54) is 13.2 Å². The van der Waals surface area contributed by atoms with Crippen molar-refractivity contribution in [2.24, 2.45) is 0 Å². The summed E-state index contributed by atoms with van der Waals surface area (Å²) in [4.78, 5) is 6.30. The van der Waals surface area contributed by atoms with E-state index in [9.17, 15) is 4.39 Å². The van der Waals surface area contributed by atoms with Crippen LogP contribution in [0.1, 0.15) is 30.6 Å². The Hall–Kier alpha value is -1.95. The molecule has 21 heavy (non-hydrogen) atoms. The van der Waals surface area contributed by atoms with Gasteiger partial charge in [-0.05, 0) is 31.2 Å². The van der Waals surface area contributed by atoms with Crippen LogP contribution in [0.4, 0.5) is 4.39 Å². The molecule has 0 fully saturated rings. The van der Waals surface area contributed by atoms with Crippen molar-refractivity contribution < 1.29 is 13.7 Å². The van der Waals surface area contributed by atoms with Crippen molar-refractivity contribution >= 4 is 0 Å². The van der Waals surface area contributed by atoms with Crippen LogP contribution in [0, 0.1) is 5.82 Å². The fourth-order valence-electron chi connectivity index (χ4n) is 2.09. The van der Waals surface area contributed by atoms with Gasteiger partial charge in [0.15, 0.2) is 17.4 Å². The standard InChI is InChI=1S/C15H20FN3O2/c1-4-5-14-17-15(21-18-14)10-19(2)9-11-6-7-13(20-3)12(16)8-11/h6-8H,4-5,9-10H2,1-3H3. The van der Waals surface area contributed by atoms with Crippen LogP contribution < -0.4 is 4.74 Å². The average molecular weight is 293 g/mol. The Balaban J connectivity index is 1.94. The van der Waals surface area contributed by atoms with Gasteiger partial charge in [-0.3, -0.25) is 4.90 Å². The van der Waals surface area contributed by atoms with Crippen molar-refractivity contribution in [3.63, 3.8) is 0 Å². The summed E-state index contributed by atoms with van der Waals surface area (Å²) in [5.74, 6) is 1.21. The van der Waals surface area contributed by atoms with Crippen LogP contribution in [-0.4, -0.2) is 29.2 Å². The van der Waals surface area contributed by atoms with E-state index in [0.29, 0.717) is 19.0 Å². The molecule has 1 aromatic heterocycles. The predicted octanol–water partition coefficient (Wildman–Crippen LogP) is 2.80. The summed E-state index contributed by atoms with van der Waals surface area (Å²) in [7, 11) is 3.37. The first-order valence-corrected chi connectivity index (χ1v) is 6.94. The molecule has 0 aliphatic rings. The molecule has 0 radical (unpaired) electrons. The molecule has 2 aromatic rings. The second kappa shape index (κ2) is 7.17. The normalized spacial score (nSPS) is 11.1. The first kappa shape index (κ1) is 15.4. The maximum Gasteiger partial charge on any atom is 0.240 e. The van der Waals surface area contributed by atoms with Crippen LogP contribution in [0.25, 0.3) is 0 Å². The number of aryl methyl sites for hydroxylation is 1. The zero-order valence-electron chi connectivity index (χ0n) is 12.6. The molecule has 114 valence electrons. The van der Waals surface area contributed by atoms with Gasteiger partial charge in [0.2, 0.25) is 5.89 Å². The molecule has 0 saturated heterocycles. The second-order valence-electron chi connectivity index (χ2n) is 5.00. The number of hydrogen-bond acceptors (Lipinski definition) is 5. The molecule has 1 heterocycles. The van der Waals surface area contributed by atoms with E-state index in [1.54, 1.807) is 6.07 Å². The molecular formula is C15H20FN3O2. The molecule has 0 amide bonds. The highest BCUT2D eigenvalue weighted by molar-refractivity contribution is 5.29. The molecule has 2 rings (SSSR count). The minimum atomic E-state index is -0.355. The van der Waals surface area contributed by atoms with Crippen molar-refractivity contribution in [1.82, 2.24) is 15.0 Å². The molecule has 5 nitrogen and oxygen atoms in total. The molecule has 0 saturated carbocycles. The highest BCUT2D eigenvalue weighted by Crippen LogP contribution is 2.18. The minimum Gasteiger partial charge on any atom is -0.494 e. The Kier molecular flexibility index (Phi) is 5.27. The topological polar surface area (TPSA) is 51.4 Å². The fraction of sp³-hybridized carbons (Fsp3) is 0.467. The zero-order valence-corrected chi connectivity index (χ0v) is 12.6. The molecule has 0 unspecified atom stereocenters. The summed E-state index contributed by atoms with van der Waals surface area (Å²) >= 11 is 0. The van der Waals surface area contributed by atoms with Crippen LogP contribution in [0.3, 0.4) is 0 Å². The second-order valence-corrected chi connectivity index (χ2v) is 5.00. The number of rotatable bonds is 7. The largest absolute Gasteiger partial charge is 0.494 e. The zero-order chi connectivity index (χ0) is 15.2. The van der Waals surface area contributed by atoms with Gasteiger partial charge < -0.3 is 9.26 Å². The quantitative estimate of drug-likeness (QED) is 0.785. The van der Waals surface area contributed by atoms with Crippen molar-refractivity contribution in [2.45, 2.75) is 32.9 Å². The van der Waals surface area contributed by atoms with Gasteiger partial charge in [0.1, 0.15) is 0 Å². The third kappa shape index (κ3) is 4.26. The lowest BCUT2D eigenvalue weighted by Crippen LogP contribution is -2.17. The highest BCUT2D eigenvalue weighted by atomic mass is 19.1. The Morgan fingerprint density at radius 2 is 2.14 bits per heavy atom. The van der Waals surface area contributed by atoms with Crippen LogP contribution in [0.2, 0.25) is 0 Å². The number of aromatic nitrogens is 2. The lowest BCUT2D eigenvalue weighted by Gasteiger charge is -2.14. The Bertz CT molecular complexity index is 586. The van der Waals surface area contributed by atoms with E-state index in [0.717, 1.165) is 24.2 Å². The number of methoxy groups -OCH3 is 1. The summed E-state index contributed by atoms with van der Waals surface area (Å²) in [6, 6.07) is 4.95. The minimum absolute atomic E-state index is 0.252. The Labute approximate surface area is 123 Å². The van der Waals surface area contributed by atoms with Gasteiger partial charge in [-0.15, -0.1) is 0 Å². The van der Waals surface area contributed by atoms with Crippen LogP contribution >= 0.6 is 0 Å². The number of ether oxygens (including phenoxy) is 1. The van der Waals surface area contributed by atoms with Gasteiger partial charge in [0.25, 0.3) is 0 Å². The summed E-state index contributed by atoms with van der Waals surface area (Å²) in [6.45, 7) is 3.19. The summed E-state index contributed by atoms with van der Waals surface area (Å²) in [5.41, 5.74) is 0.865. The molecule has 0 spiro atoms. The monoisotopic (exact) mass is 293 g/mol. The lowest BCUT2D eigenvalue weighted by atomic mass is 10.2. The van der Waals surface area contributed by atoms with Crippen molar-refractivity contribution in [1.29, 1.82) is 0 Å². The first-order valence-electron chi connectivity index (χ1n) is 6.94. The van der Waals surface area contributed by atoms with Gasteiger partial charge >= 0.3 is 0 Å². The summed E-state index contributed by atoms with van der Waals surface area (Å²) < 4.78 is 23.7. The maximum absolute atomic E-state index is 13.6. The van der Waals surface area contributed by atoms with Gasteiger partial charge in [-0.1, -0.05) is 18.1 Å². The Morgan fingerprint density at radius 3 is 2.81 bits per heavy atom. The smallest absolute Gasteiger partial charge is 0.240 e. The van der Waals surface area contributed by atoms with Crippen molar-refractivity contribution in [3.8, 4) is 5.75 Å². The molecule has 6 heteroatoms. The number of nitrogens with zero attached hydrogens (tertiary/aromatic N) is 3.